The maximum atomic E-state index is 11.7. The first-order valence-electron chi connectivity index (χ1n) is 7.85. The van der Waals surface area contributed by atoms with Crippen molar-refractivity contribution in [3.8, 4) is 5.75 Å². The molecule has 1 aromatic heterocycles. The summed E-state index contributed by atoms with van der Waals surface area (Å²) in [5.41, 5.74) is 1.16. The van der Waals surface area contributed by atoms with Crippen molar-refractivity contribution in [1.82, 2.24) is 14.8 Å². The van der Waals surface area contributed by atoms with Gasteiger partial charge in [-0.05, 0) is 37.5 Å². The van der Waals surface area contributed by atoms with Gasteiger partial charge in [-0.1, -0.05) is 12.1 Å². The van der Waals surface area contributed by atoms with Crippen molar-refractivity contribution in [3.63, 3.8) is 0 Å². The number of aromatic nitrogens is 3. The summed E-state index contributed by atoms with van der Waals surface area (Å²) in [6.07, 6.45) is 2.23. The lowest BCUT2D eigenvalue weighted by atomic mass is 10.0. The number of fused-ring (bicyclic) bond motifs is 1. The molecule has 0 bridgehead atoms. The minimum absolute atomic E-state index is 0.0627. The number of ether oxygens (including phenoxy) is 2. The third kappa shape index (κ3) is 3.52. The van der Waals surface area contributed by atoms with Crippen LogP contribution in [0.3, 0.4) is 0 Å². The van der Waals surface area contributed by atoms with Crippen molar-refractivity contribution in [1.29, 1.82) is 0 Å². The number of carbonyl (C=O) groups excluding carboxylic acids is 1. The van der Waals surface area contributed by atoms with Crippen LogP contribution in [0, 0.1) is 12.8 Å². The normalized spacial score (nSPS) is 17.2. The van der Waals surface area contributed by atoms with Crippen molar-refractivity contribution in [2.45, 2.75) is 39.3 Å². The fraction of sp³-hybridized carbons (Fsp3) is 0.471. The molecule has 23 heavy (non-hydrogen) atoms. The smallest absolute Gasteiger partial charge is 0.308 e. The number of rotatable bonds is 4. The molecule has 0 saturated carbocycles. The molecule has 6 nitrogen and oxygen atoms in total. The Morgan fingerprint density at radius 1 is 1.35 bits per heavy atom. The van der Waals surface area contributed by atoms with Crippen molar-refractivity contribution < 1.29 is 14.3 Å². The van der Waals surface area contributed by atoms with Gasteiger partial charge in [0.15, 0.2) is 5.82 Å². The lowest BCUT2D eigenvalue weighted by molar-refractivity contribution is -0.145. The van der Waals surface area contributed by atoms with Crippen molar-refractivity contribution in [2.24, 2.45) is 5.92 Å². The Morgan fingerprint density at radius 2 is 2.22 bits per heavy atom. The first-order valence-corrected chi connectivity index (χ1v) is 7.85. The second kappa shape index (κ2) is 6.81. The molecule has 1 atom stereocenters. The molecule has 1 unspecified atom stereocenters. The zero-order chi connectivity index (χ0) is 16.2. The van der Waals surface area contributed by atoms with E-state index < -0.39 is 0 Å². The lowest BCUT2D eigenvalue weighted by Gasteiger charge is -2.11. The highest BCUT2D eigenvalue weighted by molar-refractivity contribution is 5.72. The first-order chi connectivity index (χ1) is 11.2. The average molecular weight is 315 g/mol. The Hall–Kier alpha value is -2.37. The summed E-state index contributed by atoms with van der Waals surface area (Å²) in [5, 5.41) is 8.49. The first kappa shape index (κ1) is 15.5. The topological polar surface area (TPSA) is 66.2 Å². The predicted octanol–water partition coefficient (Wildman–Crippen LogP) is 2.29. The van der Waals surface area contributed by atoms with E-state index in [4.69, 9.17) is 9.47 Å². The van der Waals surface area contributed by atoms with Gasteiger partial charge in [0.1, 0.15) is 18.2 Å². The molecule has 1 aromatic carbocycles. The number of hydrogen-bond donors (Lipinski definition) is 0. The summed E-state index contributed by atoms with van der Waals surface area (Å²) in [7, 11) is 1.44. The van der Waals surface area contributed by atoms with Crippen molar-refractivity contribution in [3.05, 3.63) is 41.5 Å². The van der Waals surface area contributed by atoms with Gasteiger partial charge in [-0.2, -0.15) is 0 Å². The molecule has 2 aromatic rings. The van der Waals surface area contributed by atoms with Crippen molar-refractivity contribution >= 4 is 5.97 Å². The number of hydrogen-bond acceptors (Lipinski definition) is 5. The van der Waals surface area contributed by atoms with Crippen LogP contribution in [-0.2, 0) is 29.1 Å². The van der Waals surface area contributed by atoms with Crippen LogP contribution in [0.2, 0.25) is 0 Å². The lowest BCUT2D eigenvalue weighted by Crippen LogP contribution is -2.17. The van der Waals surface area contributed by atoms with E-state index in [0.717, 1.165) is 42.2 Å². The largest absolute Gasteiger partial charge is 0.486 e. The van der Waals surface area contributed by atoms with Crippen LogP contribution in [0.15, 0.2) is 24.3 Å². The predicted molar refractivity (Wildman–Crippen MR) is 84.0 cm³/mol. The average Bonchev–Trinajstić information content (AvgIpc) is 2.82. The quantitative estimate of drug-likeness (QED) is 0.810. The van der Waals surface area contributed by atoms with Crippen LogP contribution in [0.25, 0.3) is 0 Å². The van der Waals surface area contributed by atoms with Gasteiger partial charge >= 0.3 is 5.97 Å². The number of carbonyl (C=O) groups is 1. The molecule has 6 heteroatoms. The van der Waals surface area contributed by atoms with Gasteiger partial charge in [0.05, 0.1) is 13.0 Å². The number of esters is 1. The molecule has 122 valence electrons. The summed E-state index contributed by atoms with van der Waals surface area (Å²) < 4.78 is 12.7. The zero-order valence-corrected chi connectivity index (χ0v) is 13.5. The Kier molecular flexibility index (Phi) is 4.60. The van der Waals surface area contributed by atoms with Crippen molar-refractivity contribution in [2.75, 3.05) is 7.11 Å². The molecule has 0 spiro atoms. The summed E-state index contributed by atoms with van der Waals surface area (Å²) in [6.45, 7) is 3.12. The SMILES string of the molecule is COC(=O)C1CCc2nnc(COc3cccc(C)c3)n2CC1. The van der Waals surface area contributed by atoms with Gasteiger partial charge in [-0.15, -0.1) is 10.2 Å². The summed E-state index contributed by atoms with van der Waals surface area (Å²) >= 11 is 0. The Morgan fingerprint density at radius 3 is 3.00 bits per heavy atom. The third-order valence-electron chi connectivity index (χ3n) is 4.21. The molecular weight excluding hydrogens is 294 g/mol. The highest BCUT2D eigenvalue weighted by atomic mass is 16.5. The molecular formula is C17H21N3O3. The van der Waals surface area contributed by atoms with Gasteiger partial charge in [-0.25, -0.2) is 0 Å². The number of nitrogens with zero attached hydrogens (tertiary/aromatic N) is 3. The van der Waals surface area contributed by atoms with E-state index in [0.29, 0.717) is 13.2 Å². The van der Waals surface area contributed by atoms with Crippen LogP contribution in [-0.4, -0.2) is 27.8 Å². The number of aryl methyl sites for hydroxylation is 2. The minimum atomic E-state index is -0.138. The summed E-state index contributed by atoms with van der Waals surface area (Å²) in [6, 6.07) is 7.92. The standard InChI is InChI=1S/C17H21N3O3/c1-12-4-3-5-14(10-12)23-11-16-19-18-15-7-6-13(17(21)22-2)8-9-20(15)16/h3-5,10,13H,6-9,11H2,1-2H3. The molecule has 0 amide bonds. The van der Waals surface area contributed by atoms with E-state index in [-0.39, 0.29) is 11.9 Å². The van der Waals surface area contributed by atoms with Crippen LogP contribution in [0.5, 0.6) is 5.75 Å². The Bertz CT molecular complexity index is 696. The van der Waals surface area contributed by atoms with E-state index in [1.54, 1.807) is 0 Å². The molecule has 0 N–H and O–H groups in total. The van der Waals surface area contributed by atoms with E-state index in [1.807, 2.05) is 31.2 Å². The third-order valence-corrected chi connectivity index (χ3v) is 4.21. The van der Waals surface area contributed by atoms with Gasteiger partial charge in [0.25, 0.3) is 0 Å². The highest BCUT2D eigenvalue weighted by Gasteiger charge is 2.25. The van der Waals surface area contributed by atoms with Crippen LogP contribution in [0.1, 0.15) is 30.1 Å². The molecule has 0 fully saturated rings. The second-order valence-corrected chi connectivity index (χ2v) is 5.84. The van der Waals surface area contributed by atoms with E-state index in [9.17, 15) is 4.79 Å². The van der Waals surface area contributed by atoms with E-state index in [1.165, 1.54) is 7.11 Å². The molecule has 1 aliphatic heterocycles. The molecule has 0 aliphatic carbocycles. The Labute approximate surface area is 135 Å². The molecule has 0 radical (unpaired) electrons. The van der Waals surface area contributed by atoms with Gasteiger partial charge in [0, 0.05) is 13.0 Å². The Balaban J connectivity index is 1.68. The maximum Gasteiger partial charge on any atom is 0.308 e. The van der Waals surface area contributed by atoms with Gasteiger partial charge in [-0.3, -0.25) is 4.79 Å². The molecule has 2 heterocycles. The minimum Gasteiger partial charge on any atom is -0.486 e. The van der Waals surface area contributed by atoms with Crippen LogP contribution >= 0.6 is 0 Å². The summed E-state index contributed by atoms with van der Waals surface area (Å²) in [4.78, 5) is 11.7. The van der Waals surface area contributed by atoms with E-state index in [2.05, 4.69) is 14.8 Å². The number of methoxy groups -OCH3 is 1. The molecule has 3 rings (SSSR count). The van der Waals surface area contributed by atoms with Gasteiger partial charge in [0.2, 0.25) is 0 Å². The van der Waals surface area contributed by atoms with E-state index >= 15 is 0 Å². The fourth-order valence-corrected chi connectivity index (χ4v) is 2.91. The highest BCUT2D eigenvalue weighted by Crippen LogP contribution is 2.22. The summed E-state index contributed by atoms with van der Waals surface area (Å²) in [5.74, 6) is 2.34. The monoisotopic (exact) mass is 315 g/mol. The fourth-order valence-electron chi connectivity index (χ4n) is 2.91. The molecule has 1 aliphatic rings. The van der Waals surface area contributed by atoms with Gasteiger partial charge < -0.3 is 14.0 Å². The second-order valence-electron chi connectivity index (χ2n) is 5.84. The maximum absolute atomic E-state index is 11.7. The van der Waals surface area contributed by atoms with Crippen LogP contribution < -0.4 is 4.74 Å². The van der Waals surface area contributed by atoms with Crippen LogP contribution in [0.4, 0.5) is 0 Å². The molecule has 0 saturated heterocycles. The number of benzene rings is 1. The zero-order valence-electron chi connectivity index (χ0n) is 13.5.